The Morgan fingerprint density at radius 1 is 0.486 bits per heavy atom. The maximum absolute atomic E-state index is 13.0. The minimum Gasteiger partial charge on any atom is -0.394 e. The molecule has 0 bridgehead atoms. The molecule has 1 amide bonds. The molecule has 0 aromatic rings. The summed E-state index contributed by atoms with van der Waals surface area (Å²) >= 11 is 0. The van der Waals surface area contributed by atoms with Crippen molar-refractivity contribution in [1.82, 2.24) is 5.32 Å². The van der Waals surface area contributed by atoms with Crippen LogP contribution >= 0.6 is 0 Å². The lowest BCUT2D eigenvalue weighted by atomic mass is 9.99. The fraction of sp³-hybridized carbons (Fsp3) is 0.762. The number of hydrogen-bond donors (Lipinski definition) is 6. The van der Waals surface area contributed by atoms with Crippen LogP contribution in [0.5, 0.6) is 0 Å². The molecule has 1 fully saturated rings. The van der Waals surface area contributed by atoms with Crippen molar-refractivity contribution in [2.75, 3.05) is 13.2 Å². The van der Waals surface area contributed by atoms with Gasteiger partial charge in [0, 0.05) is 6.42 Å². The van der Waals surface area contributed by atoms with Crippen molar-refractivity contribution in [3.05, 3.63) is 85.1 Å². The Kier molecular flexibility index (Phi) is 48.5. The van der Waals surface area contributed by atoms with Gasteiger partial charge in [0.05, 0.1) is 25.4 Å². The normalized spacial score (nSPS) is 19.8. The lowest BCUT2D eigenvalue weighted by Crippen LogP contribution is -2.60. The van der Waals surface area contributed by atoms with Gasteiger partial charge in [0.2, 0.25) is 5.91 Å². The minimum atomic E-state index is -1.58. The summed E-state index contributed by atoms with van der Waals surface area (Å²) in [6, 6.07) is -0.852. The Labute approximate surface area is 441 Å². The highest BCUT2D eigenvalue weighted by Crippen LogP contribution is 2.23. The largest absolute Gasteiger partial charge is 0.394 e. The van der Waals surface area contributed by atoms with Crippen LogP contribution in [-0.2, 0) is 14.3 Å². The lowest BCUT2D eigenvalue weighted by molar-refractivity contribution is -0.302. The quantitative estimate of drug-likeness (QED) is 0.0261. The second kappa shape index (κ2) is 51.8. The summed E-state index contributed by atoms with van der Waals surface area (Å²) in [6.45, 7) is 3.63. The van der Waals surface area contributed by atoms with Crippen LogP contribution in [-0.4, -0.2) is 87.5 Å². The summed E-state index contributed by atoms with van der Waals surface area (Å²) in [5, 5.41) is 54.5. The molecule has 7 atom stereocenters. The molecule has 1 aliphatic heterocycles. The van der Waals surface area contributed by atoms with Gasteiger partial charge in [-0.05, 0) is 57.8 Å². The average Bonchev–Trinajstić information content (AvgIpc) is 3.38. The number of unbranched alkanes of at least 4 members (excludes halogenated alkanes) is 28. The molecular formula is C63H111NO8. The zero-order valence-electron chi connectivity index (χ0n) is 46.2. The molecule has 9 heteroatoms. The number of carbonyl (C=O) groups excluding carboxylic acids is 1. The van der Waals surface area contributed by atoms with Crippen molar-refractivity contribution in [3.63, 3.8) is 0 Å². The van der Waals surface area contributed by atoms with E-state index in [4.69, 9.17) is 9.47 Å². The van der Waals surface area contributed by atoms with Crippen LogP contribution in [0.25, 0.3) is 0 Å². The summed E-state index contributed by atoms with van der Waals surface area (Å²) in [5.41, 5.74) is 0. The predicted molar refractivity (Wildman–Crippen MR) is 304 cm³/mol. The summed E-state index contributed by atoms with van der Waals surface area (Å²) in [5.74, 6) is -0.259. The molecule has 1 saturated heterocycles. The van der Waals surface area contributed by atoms with Crippen LogP contribution in [0.4, 0.5) is 0 Å². The fourth-order valence-electron chi connectivity index (χ4n) is 9.06. The Morgan fingerprint density at radius 3 is 1.25 bits per heavy atom. The highest BCUT2D eigenvalue weighted by molar-refractivity contribution is 5.76. The van der Waals surface area contributed by atoms with E-state index in [9.17, 15) is 30.3 Å². The Bertz CT molecular complexity index is 1400. The molecule has 0 aliphatic carbocycles. The molecule has 0 saturated carbocycles. The highest BCUT2D eigenvalue weighted by Gasteiger charge is 2.44. The van der Waals surface area contributed by atoms with Crippen molar-refractivity contribution < 1.29 is 39.8 Å². The first-order chi connectivity index (χ1) is 35.3. The number of allylic oxidation sites excluding steroid dienone is 13. The van der Waals surface area contributed by atoms with Gasteiger partial charge in [-0.2, -0.15) is 0 Å². The van der Waals surface area contributed by atoms with E-state index in [1.807, 2.05) is 18.2 Å². The van der Waals surface area contributed by atoms with Gasteiger partial charge in [-0.15, -0.1) is 0 Å². The second-order valence-electron chi connectivity index (χ2n) is 20.4. The van der Waals surface area contributed by atoms with E-state index in [0.717, 1.165) is 57.8 Å². The van der Waals surface area contributed by atoms with Gasteiger partial charge in [-0.25, -0.2) is 0 Å². The lowest BCUT2D eigenvalue weighted by Gasteiger charge is -2.40. The maximum atomic E-state index is 13.0. The van der Waals surface area contributed by atoms with E-state index >= 15 is 0 Å². The van der Waals surface area contributed by atoms with Crippen molar-refractivity contribution in [1.29, 1.82) is 0 Å². The molecule has 7 unspecified atom stereocenters. The van der Waals surface area contributed by atoms with Gasteiger partial charge in [-0.1, -0.05) is 272 Å². The van der Waals surface area contributed by atoms with Crippen LogP contribution in [0, 0.1) is 0 Å². The van der Waals surface area contributed by atoms with Crippen LogP contribution in [0.15, 0.2) is 85.1 Å². The monoisotopic (exact) mass is 1010 g/mol. The fourth-order valence-corrected chi connectivity index (χ4v) is 9.06. The summed E-state index contributed by atoms with van der Waals surface area (Å²) in [6.07, 6.45) is 66.8. The molecule has 9 nitrogen and oxygen atoms in total. The Morgan fingerprint density at radius 2 is 0.861 bits per heavy atom. The first-order valence-corrected chi connectivity index (χ1v) is 29.8. The number of nitrogens with one attached hydrogen (secondary N) is 1. The third-order valence-electron chi connectivity index (χ3n) is 13.7. The molecule has 1 aliphatic rings. The van der Waals surface area contributed by atoms with E-state index in [-0.39, 0.29) is 18.9 Å². The topological polar surface area (TPSA) is 149 Å². The maximum Gasteiger partial charge on any atom is 0.220 e. The van der Waals surface area contributed by atoms with E-state index in [1.165, 1.54) is 167 Å². The van der Waals surface area contributed by atoms with Gasteiger partial charge < -0.3 is 40.3 Å². The van der Waals surface area contributed by atoms with Crippen molar-refractivity contribution in [2.45, 2.75) is 294 Å². The standard InChI is InChI=1S/C63H111NO8/c1-3-5-7-9-11-13-15-17-19-21-23-24-25-26-27-28-29-30-31-32-33-35-36-38-40-42-44-46-48-50-52-57(66)56(55-71-63-62(70)61(69)60(68)58(54-65)72-63)64-59(67)53-51-49-47-45-43-41-39-37-34-22-20-18-16-14-12-10-8-6-4-2/h6,8,12,14,18,20,34,37,41,43,47,49-50,52,56-58,60-63,65-66,68-70H,3-5,7,9-11,13,15-17,19,21-33,35-36,38-40,42,44-46,48,51,53-55H2,1-2H3,(H,64,67)/b8-6-,14-12-,20-18-,37-34-,43-41-,49-47-,52-50+. The van der Waals surface area contributed by atoms with Crippen LogP contribution in [0.1, 0.15) is 251 Å². The van der Waals surface area contributed by atoms with Gasteiger partial charge in [0.15, 0.2) is 6.29 Å². The Hall–Kier alpha value is -2.63. The number of carbonyl (C=O) groups is 1. The number of hydrogen-bond acceptors (Lipinski definition) is 8. The Balaban J connectivity index is 2.23. The molecule has 0 aromatic heterocycles. The SMILES string of the molecule is CC/C=C\C/C=C\C/C=C\C/C=C\C/C=C\C/C=C\CCC(=O)NC(COC1OC(CO)C(O)C(O)C1O)C(O)/C=C/CCCCCCCCCCCCCCCCCCCCCCCCCCCCCC. The third kappa shape index (κ3) is 40.7. The third-order valence-corrected chi connectivity index (χ3v) is 13.7. The van der Waals surface area contributed by atoms with E-state index in [0.29, 0.717) is 6.42 Å². The number of amides is 1. The summed E-state index contributed by atoms with van der Waals surface area (Å²) in [4.78, 5) is 13.0. The first-order valence-electron chi connectivity index (χ1n) is 29.8. The number of ether oxygens (including phenoxy) is 2. The summed E-state index contributed by atoms with van der Waals surface area (Å²) < 4.78 is 11.2. The van der Waals surface area contributed by atoms with E-state index in [1.54, 1.807) is 6.08 Å². The summed E-state index contributed by atoms with van der Waals surface area (Å²) in [7, 11) is 0. The molecule has 0 radical (unpaired) electrons. The zero-order valence-corrected chi connectivity index (χ0v) is 46.2. The van der Waals surface area contributed by atoms with Crippen molar-refractivity contribution in [3.8, 4) is 0 Å². The van der Waals surface area contributed by atoms with Crippen molar-refractivity contribution >= 4 is 5.91 Å². The van der Waals surface area contributed by atoms with Gasteiger partial charge in [0.1, 0.15) is 24.4 Å². The molecule has 1 heterocycles. The van der Waals surface area contributed by atoms with Crippen LogP contribution in [0.3, 0.4) is 0 Å². The van der Waals surface area contributed by atoms with Crippen LogP contribution in [0.2, 0.25) is 0 Å². The molecule has 416 valence electrons. The average molecular weight is 1010 g/mol. The molecule has 0 spiro atoms. The van der Waals surface area contributed by atoms with E-state index in [2.05, 4.69) is 79.9 Å². The molecule has 72 heavy (non-hydrogen) atoms. The second-order valence-corrected chi connectivity index (χ2v) is 20.4. The van der Waals surface area contributed by atoms with Gasteiger partial charge in [0.25, 0.3) is 0 Å². The van der Waals surface area contributed by atoms with Gasteiger partial charge >= 0.3 is 0 Å². The number of rotatable bonds is 50. The zero-order chi connectivity index (χ0) is 52.2. The molecule has 6 N–H and O–H groups in total. The highest BCUT2D eigenvalue weighted by atomic mass is 16.7. The van der Waals surface area contributed by atoms with Crippen LogP contribution < -0.4 is 5.32 Å². The molecular weight excluding hydrogens is 899 g/mol. The first kappa shape index (κ1) is 67.4. The number of aliphatic hydroxyl groups is 5. The van der Waals surface area contributed by atoms with E-state index < -0.39 is 49.5 Å². The smallest absolute Gasteiger partial charge is 0.220 e. The molecule has 0 aromatic carbocycles. The minimum absolute atomic E-state index is 0.217. The van der Waals surface area contributed by atoms with Gasteiger partial charge in [-0.3, -0.25) is 4.79 Å². The molecule has 1 rings (SSSR count). The number of aliphatic hydroxyl groups excluding tert-OH is 5. The predicted octanol–water partition coefficient (Wildman–Crippen LogP) is 15.0. The van der Waals surface area contributed by atoms with Crippen molar-refractivity contribution in [2.24, 2.45) is 0 Å².